The first-order valence-corrected chi connectivity index (χ1v) is 6.45. The van der Waals surface area contributed by atoms with E-state index in [0.29, 0.717) is 13.1 Å². The first kappa shape index (κ1) is 13.8. The molecule has 19 heavy (non-hydrogen) atoms. The summed E-state index contributed by atoms with van der Waals surface area (Å²) in [5.74, 6) is -0.357. The van der Waals surface area contributed by atoms with Crippen molar-refractivity contribution in [3.63, 3.8) is 0 Å². The number of carboxylic acid groups (broad SMARTS) is 1. The molecule has 5 heteroatoms. The second-order valence-electron chi connectivity index (χ2n) is 4.88. The molecule has 5 nitrogen and oxygen atoms in total. The summed E-state index contributed by atoms with van der Waals surface area (Å²) < 4.78 is 5.20. The SMILES string of the molecule is COc1cccc([C@@H]2CN(CCN)C[C@H]2C(=O)O)c1. The van der Waals surface area contributed by atoms with E-state index in [1.807, 2.05) is 24.3 Å². The van der Waals surface area contributed by atoms with Crippen molar-refractivity contribution >= 4 is 5.97 Å². The molecule has 104 valence electrons. The second kappa shape index (κ2) is 6.04. The highest BCUT2D eigenvalue weighted by molar-refractivity contribution is 5.72. The highest BCUT2D eigenvalue weighted by Crippen LogP contribution is 2.34. The number of likely N-dealkylation sites (tertiary alicyclic amines) is 1. The molecule has 0 amide bonds. The Morgan fingerprint density at radius 1 is 1.53 bits per heavy atom. The van der Waals surface area contributed by atoms with Crippen molar-refractivity contribution in [2.24, 2.45) is 11.7 Å². The molecule has 0 unspecified atom stereocenters. The second-order valence-corrected chi connectivity index (χ2v) is 4.88. The Morgan fingerprint density at radius 3 is 2.95 bits per heavy atom. The smallest absolute Gasteiger partial charge is 0.308 e. The van der Waals surface area contributed by atoms with Crippen LogP contribution in [0.2, 0.25) is 0 Å². The van der Waals surface area contributed by atoms with Crippen molar-refractivity contribution in [2.45, 2.75) is 5.92 Å². The maximum Gasteiger partial charge on any atom is 0.308 e. The third-order valence-electron chi connectivity index (χ3n) is 3.68. The molecular formula is C14H20N2O3. The lowest BCUT2D eigenvalue weighted by Gasteiger charge is -2.16. The van der Waals surface area contributed by atoms with E-state index < -0.39 is 5.97 Å². The van der Waals surface area contributed by atoms with Crippen molar-refractivity contribution in [1.29, 1.82) is 0 Å². The van der Waals surface area contributed by atoms with Gasteiger partial charge in [0.2, 0.25) is 0 Å². The minimum absolute atomic E-state index is 0.000787. The van der Waals surface area contributed by atoms with Gasteiger partial charge in [-0.3, -0.25) is 4.79 Å². The zero-order valence-electron chi connectivity index (χ0n) is 11.1. The van der Waals surface area contributed by atoms with Crippen LogP contribution >= 0.6 is 0 Å². The Hall–Kier alpha value is -1.59. The zero-order chi connectivity index (χ0) is 13.8. The third kappa shape index (κ3) is 3.05. The van der Waals surface area contributed by atoms with Crippen LogP contribution in [0.15, 0.2) is 24.3 Å². The van der Waals surface area contributed by atoms with Gasteiger partial charge in [-0.15, -0.1) is 0 Å². The van der Waals surface area contributed by atoms with E-state index in [2.05, 4.69) is 4.90 Å². The van der Waals surface area contributed by atoms with Crippen LogP contribution in [0.4, 0.5) is 0 Å². The molecule has 1 aliphatic heterocycles. The van der Waals surface area contributed by atoms with Crippen LogP contribution in [0.5, 0.6) is 5.75 Å². The molecule has 2 rings (SSSR count). The van der Waals surface area contributed by atoms with E-state index in [1.54, 1.807) is 7.11 Å². The molecule has 1 saturated heterocycles. The summed E-state index contributed by atoms with van der Waals surface area (Å²) in [5, 5.41) is 9.37. The summed E-state index contributed by atoms with van der Waals surface area (Å²) in [7, 11) is 1.61. The minimum Gasteiger partial charge on any atom is -0.497 e. The molecule has 1 fully saturated rings. The van der Waals surface area contributed by atoms with E-state index >= 15 is 0 Å². The summed E-state index contributed by atoms with van der Waals surface area (Å²) in [6.07, 6.45) is 0. The predicted octanol–water partition coefficient (Wildman–Crippen LogP) is 0.754. The highest BCUT2D eigenvalue weighted by Gasteiger charge is 2.38. The number of hydrogen-bond donors (Lipinski definition) is 2. The van der Waals surface area contributed by atoms with Crippen LogP contribution in [-0.2, 0) is 4.79 Å². The average molecular weight is 264 g/mol. The molecule has 1 heterocycles. The lowest BCUT2D eigenvalue weighted by Crippen LogP contribution is -2.28. The van der Waals surface area contributed by atoms with Gasteiger partial charge in [0.05, 0.1) is 13.0 Å². The number of nitrogens with two attached hydrogens (primary N) is 1. The molecule has 0 spiro atoms. The fourth-order valence-electron chi connectivity index (χ4n) is 2.71. The Bertz CT molecular complexity index is 450. The minimum atomic E-state index is -0.743. The van der Waals surface area contributed by atoms with Crippen LogP contribution < -0.4 is 10.5 Å². The summed E-state index contributed by atoms with van der Waals surface area (Å²) in [6, 6.07) is 7.66. The van der Waals surface area contributed by atoms with Crippen molar-refractivity contribution < 1.29 is 14.6 Å². The number of carbonyl (C=O) groups is 1. The van der Waals surface area contributed by atoms with Gasteiger partial charge in [0.25, 0.3) is 0 Å². The standard InChI is InChI=1S/C14H20N2O3/c1-19-11-4-2-3-10(7-11)12-8-16(6-5-15)9-13(12)14(17)18/h2-4,7,12-13H,5-6,8-9,15H2,1H3,(H,17,18)/t12-,13+/m0/s1. The van der Waals surface area contributed by atoms with Gasteiger partial charge in [-0.05, 0) is 17.7 Å². The number of rotatable bonds is 5. The number of methoxy groups -OCH3 is 1. The van der Waals surface area contributed by atoms with Crippen molar-refractivity contribution in [3.05, 3.63) is 29.8 Å². The lowest BCUT2D eigenvalue weighted by atomic mass is 9.89. The predicted molar refractivity (Wildman–Crippen MR) is 72.4 cm³/mol. The van der Waals surface area contributed by atoms with Crippen LogP contribution in [0.25, 0.3) is 0 Å². The van der Waals surface area contributed by atoms with Gasteiger partial charge in [-0.2, -0.15) is 0 Å². The van der Waals surface area contributed by atoms with Crippen LogP contribution in [-0.4, -0.2) is 49.3 Å². The van der Waals surface area contributed by atoms with Gasteiger partial charge in [0.1, 0.15) is 5.75 Å². The number of hydrogen-bond acceptors (Lipinski definition) is 4. The number of benzene rings is 1. The molecule has 0 saturated carbocycles. The maximum absolute atomic E-state index is 11.4. The topological polar surface area (TPSA) is 75.8 Å². The number of ether oxygens (including phenoxy) is 1. The van der Waals surface area contributed by atoms with E-state index in [4.69, 9.17) is 10.5 Å². The molecule has 2 atom stereocenters. The molecular weight excluding hydrogens is 244 g/mol. The van der Waals surface area contributed by atoms with Crippen LogP contribution in [0.1, 0.15) is 11.5 Å². The Balaban J connectivity index is 2.22. The van der Waals surface area contributed by atoms with E-state index in [9.17, 15) is 9.90 Å². The zero-order valence-corrected chi connectivity index (χ0v) is 11.1. The van der Waals surface area contributed by atoms with Crippen molar-refractivity contribution in [3.8, 4) is 5.75 Å². The van der Waals surface area contributed by atoms with Crippen molar-refractivity contribution in [1.82, 2.24) is 4.90 Å². The summed E-state index contributed by atoms with van der Waals surface area (Å²) in [4.78, 5) is 13.5. The molecule has 0 bridgehead atoms. The summed E-state index contributed by atoms with van der Waals surface area (Å²) in [6.45, 7) is 2.59. The molecule has 0 aromatic heterocycles. The number of aliphatic carboxylic acids is 1. The maximum atomic E-state index is 11.4. The van der Waals surface area contributed by atoms with E-state index in [-0.39, 0.29) is 11.8 Å². The molecule has 1 aromatic carbocycles. The summed E-state index contributed by atoms with van der Waals surface area (Å²) >= 11 is 0. The van der Waals surface area contributed by atoms with Gasteiger partial charge in [0, 0.05) is 32.1 Å². The average Bonchev–Trinajstić information content (AvgIpc) is 2.83. The monoisotopic (exact) mass is 264 g/mol. The molecule has 3 N–H and O–H groups in total. The first-order valence-electron chi connectivity index (χ1n) is 6.45. The van der Waals surface area contributed by atoms with E-state index in [0.717, 1.165) is 24.4 Å². The fourth-order valence-corrected chi connectivity index (χ4v) is 2.71. The highest BCUT2D eigenvalue weighted by atomic mass is 16.5. The molecule has 0 radical (unpaired) electrons. The lowest BCUT2D eigenvalue weighted by molar-refractivity contribution is -0.141. The Morgan fingerprint density at radius 2 is 2.32 bits per heavy atom. The van der Waals surface area contributed by atoms with E-state index in [1.165, 1.54) is 0 Å². The Kier molecular flexibility index (Phi) is 4.39. The Labute approximate surface area is 113 Å². The van der Waals surface area contributed by atoms with Gasteiger partial charge in [0.15, 0.2) is 0 Å². The number of carboxylic acids is 1. The van der Waals surface area contributed by atoms with Crippen molar-refractivity contribution in [2.75, 3.05) is 33.3 Å². The first-order chi connectivity index (χ1) is 9.15. The normalized spacial score (nSPS) is 23.5. The molecule has 0 aliphatic carbocycles. The third-order valence-corrected chi connectivity index (χ3v) is 3.68. The molecule has 1 aliphatic rings. The largest absolute Gasteiger partial charge is 0.497 e. The van der Waals surface area contributed by atoms with Gasteiger partial charge in [-0.25, -0.2) is 0 Å². The van der Waals surface area contributed by atoms with Gasteiger partial charge >= 0.3 is 5.97 Å². The molecule has 1 aromatic rings. The van der Waals surface area contributed by atoms with Crippen LogP contribution in [0, 0.1) is 5.92 Å². The number of nitrogens with zero attached hydrogens (tertiary/aromatic N) is 1. The summed E-state index contributed by atoms with van der Waals surface area (Å²) in [5.41, 5.74) is 6.57. The fraction of sp³-hybridized carbons (Fsp3) is 0.500. The quantitative estimate of drug-likeness (QED) is 0.821. The van der Waals surface area contributed by atoms with Gasteiger partial charge in [-0.1, -0.05) is 12.1 Å². The van der Waals surface area contributed by atoms with Crippen LogP contribution in [0.3, 0.4) is 0 Å². The van der Waals surface area contributed by atoms with Gasteiger partial charge < -0.3 is 20.5 Å².